The number of nitrogens with one attached hydrogen (secondary N) is 1. The number of rotatable bonds is 9. The van der Waals surface area contributed by atoms with Crippen molar-refractivity contribution in [2.45, 2.75) is 21.4 Å². The molecule has 60 heavy (non-hydrogen) atoms. The van der Waals surface area contributed by atoms with Crippen LogP contribution >= 0.6 is 11.8 Å². The number of allylic oxidation sites excluding steroid dienone is 4. The Morgan fingerprint density at radius 1 is 0.633 bits per heavy atom. The lowest BCUT2D eigenvalue weighted by molar-refractivity contribution is 0.720. The molecule has 6 aromatic carbocycles. The van der Waals surface area contributed by atoms with E-state index in [1.807, 2.05) is 42.3 Å². The average Bonchev–Trinajstić information content (AvgIpc) is 3.60. The van der Waals surface area contributed by atoms with Gasteiger partial charge in [0.2, 0.25) is 0 Å². The summed E-state index contributed by atoms with van der Waals surface area (Å²) in [6, 6.07) is 50.9. The number of benzene rings is 6. The van der Waals surface area contributed by atoms with Crippen LogP contribution in [0.3, 0.4) is 0 Å². The normalized spacial score (nSPS) is 15.9. The Hall–Kier alpha value is -7.34. The Morgan fingerprint density at radius 3 is 1.98 bits per heavy atom. The molecule has 2 aliphatic heterocycles. The minimum absolute atomic E-state index is 0.434. The Labute approximate surface area is 355 Å². The first-order valence-corrected chi connectivity index (χ1v) is 20.8. The summed E-state index contributed by atoms with van der Waals surface area (Å²) in [6.07, 6.45) is 12.4. The summed E-state index contributed by atoms with van der Waals surface area (Å²) in [5.41, 5.74) is 15.1. The number of hydrogen-bond acceptors (Lipinski definition) is 5. The first kappa shape index (κ1) is 37.0. The van der Waals surface area contributed by atoms with Crippen molar-refractivity contribution in [2.75, 3.05) is 0 Å². The highest BCUT2D eigenvalue weighted by molar-refractivity contribution is 7.99. The van der Waals surface area contributed by atoms with E-state index in [-0.39, 0.29) is 0 Å². The summed E-state index contributed by atoms with van der Waals surface area (Å²) in [5, 5.41) is 4.62. The van der Waals surface area contributed by atoms with Crippen molar-refractivity contribution < 1.29 is 0 Å². The molecule has 3 heterocycles. The van der Waals surface area contributed by atoms with Gasteiger partial charge in [0.25, 0.3) is 0 Å². The molecule has 0 bridgehead atoms. The topological polar surface area (TPSA) is 49.6 Å². The van der Waals surface area contributed by atoms with Gasteiger partial charge in [-0.3, -0.25) is 4.98 Å². The lowest BCUT2D eigenvalue weighted by Gasteiger charge is -2.40. The van der Waals surface area contributed by atoms with E-state index in [9.17, 15) is 0 Å². The second kappa shape index (κ2) is 15.1. The fourth-order valence-corrected chi connectivity index (χ4v) is 10.2. The number of nitrogens with zero attached hydrogens (tertiary/aromatic N) is 3. The van der Waals surface area contributed by atoms with E-state index < -0.39 is 11.6 Å². The lowest BCUT2D eigenvalue weighted by atomic mass is 9.66. The van der Waals surface area contributed by atoms with Crippen LogP contribution in [0.5, 0.6) is 0 Å². The number of amidine groups is 2. The van der Waals surface area contributed by atoms with Gasteiger partial charge in [-0.05, 0) is 97.6 Å². The van der Waals surface area contributed by atoms with Gasteiger partial charge in [-0.25, -0.2) is 9.98 Å². The zero-order valence-electron chi connectivity index (χ0n) is 33.0. The molecule has 1 aliphatic carbocycles. The zero-order valence-corrected chi connectivity index (χ0v) is 33.8. The van der Waals surface area contributed by atoms with Crippen LogP contribution in [0.2, 0.25) is 0 Å². The summed E-state index contributed by atoms with van der Waals surface area (Å²) in [7, 11) is 0. The van der Waals surface area contributed by atoms with Gasteiger partial charge in [-0.15, -0.1) is 0 Å². The first-order valence-electron chi connectivity index (χ1n) is 20.0. The number of hydrogen-bond donors (Lipinski definition) is 1. The van der Waals surface area contributed by atoms with Crippen LogP contribution in [0.1, 0.15) is 27.8 Å². The zero-order chi connectivity index (χ0) is 40.8. The number of aliphatic imine (C=N–C) groups is 2. The van der Waals surface area contributed by atoms with Gasteiger partial charge < -0.3 is 5.32 Å². The van der Waals surface area contributed by atoms with Crippen molar-refractivity contribution >= 4 is 34.3 Å². The monoisotopic (exact) mass is 788 g/mol. The van der Waals surface area contributed by atoms with Crippen molar-refractivity contribution in [3.63, 3.8) is 0 Å². The van der Waals surface area contributed by atoms with Gasteiger partial charge in [-0.2, -0.15) is 0 Å². The molecule has 1 spiro atoms. The van der Waals surface area contributed by atoms with Crippen LogP contribution in [0, 0.1) is 0 Å². The largest absolute Gasteiger partial charge is 0.344 e. The Balaban J connectivity index is 1.16. The second-order valence-corrected chi connectivity index (χ2v) is 16.1. The fraction of sp³-hybridized carbons (Fsp3) is 0.0364. The standard InChI is InChI=1S/C55H40N4S/c1-5-8-16-35(4)52-57-53(36(7-3)15-6-2)59-54(58-52)40-29-31-51-48(34-40)55(45-21-11-9-17-42(45)43-18-10-12-22-46(43)55)47-33-39(28-30-50(47)60-51)37-24-26-38(27-25-37)41-19-13-23-49-44(41)20-14-32-56-49/h5-34,53H,1-4H2,(H,57,58,59)/b16-8-,36-15+. The predicted molar refractivity (Wildman–Crippen MR) is 252 cm³/mol. The molecule has 0 fully saturated rings. The van der Waals surface area contributed by atoms with Crippen molar-refractivity contribution in [1.82, 2.24) is 10.3 Å². The summed E-state index contributed by atoms with van der Waals surface area (Å²) in [6.45, 7) is 16.2. The molecule has 0 radical (unpaired) electrons. The van der Waals surface area contributed by atoms with Crippen molar-refractivity contribution in [2.24, 2.45) is 9.98 Å². The minimum Gasteiger partial charge on any atom is -0.344 e. The molecule has 0 saturated heterocycles. The van der Waals surface area contributed by atoms with Crippen LogP contribution in [-0.4, -0.2) is 22.8 Å². The van der Waals surface area contributed by atoms with Crippen LogP contribution in [0.15, 0.2) is 239 Å². The molecule has 1 unspecified atom stereocenters. The van der Waals surface area contributed by atoms with Crippen LogP contribution in [-0.2, 0) is 5.41 Å². The average molecular weight is 789 g/mol. The van der Waals surface area contributed by atoms with E-state index in [0.29, 0.717) is 11.7 Å². The molecule has 7 aromatic rings. The highest BCUT2D eigenvalue weighted by atomic mass is 32.2. The molecule has 1 atom stereocenters. The maximum absolute atomic E-state index is 5.19. The maximum Gasteiger partial charge on any atom is 0.159 e. The molecule has 0 saturated carbocycles. The van der Waals surface area contributed by atoms with E-state index in [2.05, 4.69) is 170 Å². The van der Waals surface area contributed by atoms with Gasteiger partial charge in [-0.1, -0.05) is 178 Å². The van der Waals surface area contributed by atoms with Gasteiger partial charge in [0.15, 0.2) is 5.84 Å². The molecular formula is C55H40N4S. The van der Waals surface area contributed by atoms with Gasteiger partial charge in [0, 0.05) is 32.5 Å². The quantitative estimate of drug-likeness (QED) is 0.148. The SMILES string of the molecule is C=C/C=C\C(=C)C1=NC(c2ccc3c(c2)C2(c4cc(-c5ccc(-c6cccc7ncccc67)cc5)ccc4S3)c3ccccc3-c3ccccc32)=NC(/C(C=C)=C/C=C)N1. The third kappa shape index (κ3) is 5.97. The number of aromatic nitrogens is 1. The molecule has 5 heteroatoms. The van der Waals surface area contributed by atoms with E-state index >= 15 is 0 Å². The molecule has 286 valence electrons. The molecule has 10 rings (SSSR count). The predicted octanol–water partition coefficient (Wildman–Crippen LogP) is 13.1. The van der Waals surface area contributed by atoms with E-state index in [1.165, 1.54) is 48.7 Å². The van der Waals surface area contributed by atoms with E-state index in [4.69, 9.17) is 9.98 Å². The summed E-state index contributed by atoms with van der Waals surface area (Å²) >= 11 is 1.82. The van der Waals surface area contributed by atoms with E-state index in [0.717, 1.165) is 44.3 Å². The first-order chi connectivity index (χ1) is 29.5. The third-order valence-corrected chi connectivity index (χ3v) is 12.9. The van der Waals surface area contributed by atoms with Crippen LogP contribution in [0.4, 0.5) is 0 Å². The number of fused-ring (bicyclic) bond motifs is 10. The van der Waals surface area contributed by atoms with Crippen molar-refractivity contribution in [3.8, 4) is 33.4 Å². The van der Waals surface area contributed by atoms with Gasteiger partial charge >= 0.3 is 0 Å². The molecule has 1 aromatic heterocycles. The lowest BCUT2D eigenvalue weighted by Crippen LogP contribution is -2.40. The fourth-order valence-electron chi connectivity index (χ4n) is 9.00. The van der Waals surface area contributed by atoms with Crippen molar-refractivity contribution in [3.05, 3.63) is 247 Å². The molecule has 1 N–H and O–H groups in total. The third-order valence-electron chi connectivity index (χ3n) is 11.7. The van der Waals surface area contributed by atoms with Crippen molar-refractivity contribution in [1.29, 1.82) is 0 Å². The molecule has 4 nitrogen and oxygen atoms in total. The molecule has 0 amide bonds. The second-order valence-electron chi connectivity index (χ2n) is 15.0. The maximum atomic E-state index is 5.19. The number of pyridine rings is 1. The molecular weight excluding hydrogens is 749 g/mol. The smallest absolute Gasteiger partial charge is 0.159 e. The van der Waals surface area contributed by atoms with Gasteiger partial charge in [0.05, 0.1) is 10.9 Å². The van der Waals surface area contributed by atoms with Gasteiger partial charge in [0.1, 0.15) is 12.0 Å². The van der Waals surface area contributed by atoms with Crippen LogP contribution in [0.25, 0.3) is 44.3 Å². The summed E-state index contributed by atoms with van der Waals surface area (Å²) in [4.78, 5) is 17.3. The summed E-state index contributed by atoms with van der Waals surface area (Å²) in [5.74, 6) is 1.25. The summed E-state index contributed by atoms with van der Waals surface area (Å²) < 4.78 is 0. The highest BCUT2D eigenvalue weighted by Crippen LogP contribution is 2.62. The van der Waals surface area contributed by atoms with E-state index in [1.54, 1.807) is 18.2 Å². The Bertz CT molecular complexity index is 3020. The minimum atomic E-state index is -0.601. The highest BCUT2D eigenvalue weighted by Gasteiger charge is 2.50. The Kier molecular flexibility index (Phi) is 9.31. The van der Waals surface area contributed by atoms with Crippen LogP contribution < -0.4 is 5.32 Å². The molecule has 3 aliphatic rings. The Morgan fingerprint density at radius 2 is 1.28 bits per heavy atom.